The first-order valence-electron chi connectivity index (χ1n) is 13.2. The number of rotatable bonds is 7. The van der Waals surface area contributed by atoms with Gasteiger partial charge in [0.25, 0.3) is 5.91 Å². The van der Waals surface area contributed by atoms with Crippen LogP contribution in [0.5, 0.6) is 5.75 Å². The number of piperazine rings is 1. The third-order valence-electron chi connectivity index (χ3n) is 7.37. The van der Waals surface area contributed by atoms with Gasteiger partial charge < -0.3 is 28.7 Å². The van der Waals surface area contributed by atoms with Crippen molar-refractivity contribution >= 4 is 35.0 Å². The van der Waals surface area contributed by atoms with Gasteiger partial charge in [0, 0.05) is 43.3 Å². The van der Waals surface area contributed by atoms with Crippen LogP contribution in [0.4, 0.5) is 0 Å². The first kappa shape index (κ1) is 28.4. The molecule has 2 aromatic carbocycles. The summed E-state index contributed by atoms with van der Waals surface area (Å²) < 4.78 is 17.9. The highest BCUT2D eigenvalue weighted by atomic mass is 35.5. The molecule has 1 unspecified atom stereocenters. The number of amides is 2. The van der Waals surface area contributed by atoms with Gasteiger partial charge in [0.15, 0.2) is 0 Å². The highest BCUT2D eigenvalue weighted by molar-refractivity contribution is 6.33. The number of halogens is 2. The molecule has 5 rings (SSSR count). The van der Waals surface area contributed by atoms with E-state index in [1.807, 2.05) is 24.1 Å². The fourth-order valence-corrected chi connectivity index (χ4v) is 5.50. The molecule has 2 amide bonds. The number of nitrogens with zero attached hydrogens (tertiary/aromatic N) is 4. The number of ether oxygens (including phenoxy) is 2. The monoisotopic (exact) mass is 586 g/mol. The number of hydrogen-bond acceptors (Lipinski definition) is 7. The van der Waals surface area contributed by atoms with Gasteiger partial charge in [0.1, 0.15) is 35.0 Å². The first-order valence-corrected chi connectivity index (χ1v) is 14.0. The zero-order chi connectivity index (χ0) is 28.3. The van der Waals surface area contributed by atoms with Crippen molar-refractivity contribution in [3.63, 3.8) is 0 Å². The Labute approximate surface area is 243 Å². The van der Waals surface area contributed by atoms with Gasteiger partial charge in [-0.2, -0.15) is 0 Å². The number of hydrogen-bond donors (Lipinski definition) is 0. The van der Waals surface area contributed by atoms with E-state index in [9.17, 15) is 9.59 Å². The lowest BCUT2D eigenvalue weighted by Crippen LogP contribution is -2.59. The van der Waals surface area contributed by atoms with Gasteiger partial charge in [0.2, 0.25) is 5.91 Å². The SMILES string of the molecule is Cc1onc(-c2ccccc2Cl)c1C(=O)N1CCOC(COc2cccc(Cl)c2)(CC(=O)N2CCN(C)CC2)C1. The van der Waals surface area contributed by atoms with E-state index in [1.54, 1.807) is 48.2 Å². The lowest BCUT2D eigenvalue weighted by Gasteiger charge is -2.43. The van der Waals surface area contributed by atoms with Crippen LogP contribution < -0.4 is 4.74 Å². The minimum Gasteiger partial charge on any atom is -0.490 e. The molecule has 0 bridgehead atoms. The van der Waals surface area contributed by atoms with Crippen LogP contribution in [0.1, 0.15) is 22.5 Å². The molecule has 0 saturated carbocycles. The Hall–Kier alpha value is -3.11. The second kappa shape index (κ2) is 12.2. The van der Waals surface area contributed by atoms with E-state index >= 15 is 0 Å². The van der Waals surface area contributed by atoms with Crippen molar-refractivity contribution in [3.8, 4) is 17.0 Å². The summed E-state index contributed by atoms with van der Waals surface area (Å²) in [5.74, 6) is 0.647. The molecule has 1 aromatic heterocycles. The Kier molecular flexibility index (Phi) is 8.65. The highest BCUT2D eigenvalue weighted by Gasteiger charge is 2.43. The van der Waals surface area contributed by atoms with Crippen molar-refractivity contribution in [2.24, 2.45) is 0 Å². The lowest BCUT2D eigenvalue weighted by molar-refractivity contribution is -0.154. The molecule has 2 aliphatic rings. The van der Waals surface area contributed by atoms with E-state index in [-0.39, 0.29) is 38.0 Å². The van der Waals surface area contributed by atoms with Gasteiger partial charge in [-0.15, -0.1) is 0 Å². The summed E-state index contributed by atoms with van der Waals surface area (Å²) in [7, 11) is 2.04. The Balaban J connectivity index is 1.41. The highest BCUT2D eigenvalue weighted by Crippen LogP contribution is 2.33. The molecule has 2 aliphatic heterocycles. The molecule has 2 saturated heterocycles. The molecule has 0 spiro atoms. The number of carbonyl (C=O) groups excluding carboxylic acids is 2. The average Bonchev–Trinajstić information content (AvgIpc) is 3.33. The van der Waals surface area contributed by atoms with Crippen molar-refractivity contribution < 1.29 is 23.6 Å². The molecule has 1 atom stereocenters. The van der Waals surface area contributed by atoms with Crippen LogP contribution >= 0.6 is 23.2 Å². The number of benzene rings is 2. The number of morpholine rings is 1. The molecular formula is C29H32Cl2N4O5. The molecule has 3 heterocycles. The number of likely N-dealkylation sites (N-methyl/N-ethyl adjacent to an activating group) is 1. The molecule has 40 heavy (non-hydrogen) atoms. The van der Waals surface area contributed by atoms with Gasteiger partial charge in [-0.3, -0.25) is 9.59 Å². The van der Waals surface area contributed by atoms with Gasteiger partial charge in [-0.05, 0) is 38.2 Å². The quantitative estimate of drug-likeness (QED) is 0.405. The maximum absolute atomic E-state index is 14.0. The van der Waals surface area contributed by atoms with Crippen molar-refractivity contribution in [3.05, 3.63) is 69.9 Å². The predicted octanol–water partition coefficient (Wildman–Crippen LogP) is 4.41. The summed E-state index contributed by atoms with van der Waals surface area (Å²) in [5, 5.41) is 5.16. The Bertz CT molecular complexity index is 1370. The van der Waals surface area contributed by atoms with E-state index in [0.717, 1.165) is 13.1 Å². The minimum atomic E-state index is -1.06. The van der Waals surface area contributed by atoms with Crippen molar-refractivity contribution in [1.29, 1.82) is 0 Å². The summed E-state index contributed by atoms with van der Waals surface area (Å²) in [5.41, 5.74) is 0.268. The van der Waals surface area contributed by atoms with Crippen LogP contribution in [0.2, 0.25) is 10.0 Å². The standard InChI is InChI=1S/C29H32Cl2N4O5/c1-20-26(27(32-40-20)23-8-3-4-9-24(23)31)28(37)35-14-15-39-29(18-35,19-38-22-7-5-6-21(30)16-22)17-25(36)34-12-10-33(2)11-13-34/h3-9,16H,10-15,17-19H2,1-2H3. The summed E-state index contributed by atoms with van der Waals surface area (Å²) in [6, 6.07) is 14.2. The zero-order valence-electron chi connectivity index (χ0n) is 22.6. The Morgan fingerprint density at radius 1 is 1.02 bits per heavy atom. The van der Waals surface area contributed by atoms with E-state index in [0.29, 0.717) is 58.0 Å². The molecular weight excluding hydrogens is 555 g/mol. The normalized spacial score (nSPS) is 20.0. The molecule has 0 radical (unpaired) electrons. The van der Waals surface area contributed by atoms with Gasteiger partial charge in [0.05, 0.1) is 24.6 Å². The van der Waals surface area contributed by atoms with Crippen molar-refractivity contribution in [1.82, 2.24) is 19.9 Å². The van der Waals surface area contributed by atoms with Gasteiger partial charge >= 0.3 is 0 Å². The predicted molar refractivity (Wildman–Crippen MR) is 152 cm³/mol. The van der Waals surface area contributed by atoms with Gasteiger partial charge in [-0.1, -0.05) is 52.6 Å². The maximum Gasteiger partial charge on any atom is 0.259 e. The Morgan fingerprint density at radius 3 is 2.55 bits per heavy atom. The molecule has 9 nitrogen and oxygen atoms in total. The molecule has 0 N–H and O–H groups in total. The fourth-order valence-electron chi connectivity index (χ4n) is 5.10. The fraction of sp³-hybridized carbons (Fsp3) is 0.414. The zero-order valence-corrected chi connectivity index (χ0v) is 24.1. The van der Waals surface area contributed by atoms with E-state index in [4.69, 9.17) is 37.2 Å². The van der Waals surface area contributed by atoms with Crippen molar-refractivity contribution in [2.45, 2.75) is 18.9 Å². The Morgan fingerprint density at radius 2 is 1.80 bits per heavy atom. The summed E-state index contributed by atoms with van der Waals surface area (Å²) >= 11 is 12.6. The molecule has 3 aromatic rings. The summed E-state index contributed by atoms with van der Waals surface area (Å²) in [6.45, 7) is 5.40. The molecule has 2 fully saturated rings. The van der Waals surface area contributed by atoms with Crippen LogP contribution in [0, 0.1) is 6.92 Å². The molecule has 11 heteroatoms. The van der Waals surface area contributed by atoms with Crippen LogP contribution in [0.15, 0.2) is 53.1 Å². The van der Waals surface area contributed by atoms with Crippen LogP contribution in [0.25, 0.3) is 11.3 Å². The van der Waals surface area contributed by atoms with Gasteiger partial charge in [-0.25, -0.2) is 0 Å². The first-order chi connectivity index (χ1) is 19.2. The van der Waals surface area contributed by atoms with Crippen LogP contribution in [0.3, 0.4) is 0 Å². The summed E-state index contributed by atoms with van der Waals surface area (Å²) in [4.78, 5) is 33.2. The third kappa shape index (κ3) is 6.28. The number of aromatic nitrogens is 1. The van der Waals surface area contributed by atoms with E-state index in [2.05, 4.69) is 10.1 Å². The topological polar surface area (TPSA) is 88.3 Å². The number of aryl methyl sites for hydroxylation is 1. The summed E-state index contributed by atoms with van der Waals surface area (Å²) in [6.07, 6.45) is 0.0705. The third-order valence-corrected chi connectivity index (χ3v) is 7.93. The second-order valence-corrected chi connectivity index (χ2v) is 11.2. The van der Waals surface area contributed by atoms with Crippen LogP contribution in [-0.2, 0) is 9.53 Å². The minimum absolute atomic E-state index is 0.0324. The van der Waals surface area contributed by atoms with Crippen molar-refractivity contribution in [2.75, 3.05) is 59.5 Å². The van der Waals surface area contributed by atoms with E-state index < -0.39 is 5.60 Å². The molecule has 212 valence electrons. The average molecular weight is 588 g/mol. The number of carbonyl (C=O) groups is 2. The maximum atomic E-state index is 14.0. The van der Waals surface area contributed by atoms with Crippen LogP contribution in [-0.4, -0.2) is 96.8 Å². The van der Waals surface area contributed by atoms with E-state index in [1.165, 1.54) is 0 Å². The molecule has 0 aliphatic carbocycles. The smallest absolute Gasteiger partial charge is 0.259 e. The largest absolute Gasteiger partial charge is 0.490 e. The lowest BCUT2D eigenvalue weighted by atomic mass is 9.95. The second-order valence-electron chi connectivity index (χ2n) is 10.3.